The second kappa shape index (κ2) is 48.2. The molecule has 0 saturated carbocycles. The van der Waals surface area contributed by atoms with Crippen molar-refractivity contribution in [2.45, 2.75) is 0 Å². The standard InChI is InChI=1S/C26H20N2.3C12H8N2O4.4CNS.2Ru/c1-3-7-21(8-4-1)11-13-23-15-17-27-25(19-23)26-20-24(16-18-28-26)14-12-22-9-5-2-6-10-22;2*15-7-18-9-2-4-14-11(6-9)10-5-8(12(16)17)1-3-13-10;15-11(16)7-1-3-13-9(5-7)10-6-8(12(17)18)2-4-14-10;4*2-1-3;;/h1-20H;2*1-7H,(H,16,17);1-6H,(H,15,16)(H,17,18);;;;;;/q;;;;4*-1;2*+2/b13-11+,14-12+;;;;;;;;;. The first-order valence-corrected chi connectivity index (χ1v) is 27.5. The zero-order valence-corrected chi connectivity index (χ0v) is 55.6. The number of isothiocyanates is 4. The van der Waals surface area contributed by atoms with E-state index in [9.17, 15) is 28.8 Å². The van der Waals surface area contributed by atoms with Gasteiger partial charge in [0.2, 0.25) is 0 Å². The Bertz CT molecular complexity index is 4090. The first-order chi connectivity index (χ1) is 45.5. The van der Waals surface area contributed by atoms with Gasteiger partial charge in [-0.2, -0.15) is 20.6 Å². The van der Waals surface area contributed by atoms with E-state index in [1.807, 2.05) is 60.9 Å². The number of benzene rings is 2. The third-order valence-corrected chi connectivity index (χ3v) is 11.0. The fourth-order valence-electron chi connectivity index (χ4n) is 7.07. The van der Waals surface area contributed by atoms with Crippen LogP contribution in [0.5, 0.6) is 11.5 Å². The summed E-state index contributed by atoms with van der Waals surface area (Å²) in [5.41, 5.74) is 8.93. The second-order valence-corrected chi connectivity index (χ2v) is 17.7. The monoisotopic (exact) mass is 1530 g/mol. The Kier molecular flexibility index (Phi) is 41.4. The van der Waals surface area contributed by atoms with Crippen molar-refractivity contribution >= 4 is 131 Å². The smallest absolute Gasteiger partial charge is 0.753 e. The summed E-state index contributed by atoms with van der Waals surface area (Å²) in [4.78, 5) is 96.8. The van der Waals surface area contributed by atoms with Crippen LogP contribution in [0.3, 0.4) is 0 Å². The number of hydrogen-bond donors (Lipinski definition) is 4. The zero-order chi connectivity index (χ0) is 68.9. The molecule has 0 aliphatic heterocycles. The number of carboxylic acids is 4. The van der Waals surface area contributed by atoms with Gasteiger partial charge in [0.1, 0.15) is 11.5 Å². The number of rotatable bonds is 16. The summed E-state index contributed by atoms with van der Waals surface area (Å²) in [6.45, 7) is 0.612. The number of hydrogen-bond acceptors (Lipinski definition) is 20. The Labute approximate surface area is 594 Å². The normalized spacial score (nSPS) is 9.17. The minimum absolute atomic E-state index is 0. The zero-order valence-electron chi connectivity index (χ0n) is 48.9. The Morgan fingerprint density at radius 2 is 0.531 bits per heavy atom. The van der Waals surface area contributed by atoms with Gasteiger partial charge in [0.25, 0.3) is 12.9 Å². The molecule has 0 aliphatic carbocycles. The summed E-state index contributed by atoms with van der Waals surface area (Å²) in [5, 5.41) is 69.3. The number of carbonyl (C=O) groups is 6. The summed E-state index contributed by atoms with van der Waals surface area (Å²) < 4.78 is 9.36. The maximum atomic E-state index is 10.8. The topological polar surface area (TPSA) is 394 Å². The summed E-state index contributed by atoms with van der Waals surface area (Å²) in [5.74, 6) is -3.60. The van der Waals surface area contributed by atoms with E-state index in [1.54, 1.807) is 0 Å². The van der Waals surface area contributed by atoms with E-state index in [-0.39, 0.29) is 61.2 Å². The van der Waals surface area contributed by atoms with Gasteiger partial charge in [0.15, 0.2) is 0 Å². The number of thiocarbonyl (C=S) groups is 4. The molecule has 0 fully saturated rings. The van der Waals surface area contributed by atoms with Gasteiger partial charge in [0, 0.05) is 61.7 Å². The van der Waals surface area contributed by atoms with Crippen molar-refractivity contribution in [2.75, 3.05) is 0 Å². The van der Waals surface area contributed by atoms with Gasteiger partial charge in [-0.15, -0.1) is 0 Å². The quantitative estimate of drug-likeness (QED) is 0.0302. The van der Waals surface area contributed by atoms with Gasteiger partial charge in [-0.3, -0.25) is 49.5 Å². The van der Waals surface area contributed by atoms with E-state index >= 15 is 0 Å². The summed E-state index contributed by atoms with van der Waals surface area (Å²) in [7, 11) is 0. The fourth-order valence-corrected chi connectivity index (χ4v) is 7.07. The van der Waals surface area contributed by atoms with Crippen LogP contribution < -0.4 is 9.47 Å². The molecular weight excluding hydrogens is 1480 g/mol. The fraction of sp³-hybridized carbons (Fsp3) is 0. The van der Waals surface area contributed by atoms with Crippen LogP contribution in [0.4, 0.5) is 0 Å². The van der Waals surface area contributed by atoms with Crippen LogP contribution in [0.25, 0.3) is 91.5 Å². The van der Waals surface area contributed by atoms with Crippen molar-refractivity contribution in [3.05, 3.63) is 273 Å². The summed E-state index contributed by atoms with van der Waals surface area (Å²) in [6, 6.07) is 45.7. The molecule has 480 valence electrons. The number of aromatic carboxylic acids is 4. The van der Waals surface area contributed by atoms with Crippen molar-refractivity contribution in [1.29, 1.82) is 0 Å². The Morgan fingerprint density at radius 1 is 0.323 bits per heavy atom. The van der Waals surface area contributed by atoms with Crippen LogP contribution in [0.1, 0.15) is 63.7 Å². The molecule has 24 nitrogen and oxygen atoms in total. The maximum absolute atomic E-state index is 10.8. The van der Waals surface area contributed by atoms with Gasteiger partial charge in [-0.25, -0.2) is 19.2 Å². The Balaban J connectivity index is 0.000000611. The molecule has 0 aliphatic rings. The number of carbonyl (C=O) groups excluding carboxylic acids is 2. The van der Waals surface area contributed by atoms with Crippen LogP contribution in [-0.2, 0) is 48.5 Å². The van der Waals surface area contributed by atoms with Gasteiger partial charge in [-0.05, 0) is 107 Å². The largest absolute Gasteiger partial charge is 2.00 e. The molecule has 0 spiro atoms. The molecule has 0 amide bonds. The first-order valence-electron chi connectivity index (χ1n) is 25.9. The molecule has 10 rings (SSSR count). The Morgan fingerprint density at radius 3 is 0.771 bits per heavy atom. The van der Waals surface area contributed by atoms with Gasteiger partial charge >= 0.3 is 62.8 Å². The minimum Gasteiger partial charge on any atom is -0.753 e. The molecule has 0 unspecified atom stereocenters. The predicted octanol–water partition coefficient (Wildman–Crippen LogP) is 13.4. The molecule has 0 saturated heterocycles. The van der Waals surface area contributed by atoms with Crippen molar-refractivity contribution in [3.63, 3.8) is 0 Å². The van der Waals surface area contributed by atoms with E-state index in [4.69, 9.17) is 42.1 Å². The molecule has 8 aromatic heterocycles. The van der Waals surface area contributed by atoms with Gasteiger partial charge in [-0.1, -0.05) is 134 Å². The predicted molar refractivity (Wildman–Crippen MR) is 366 cm³/mol. The minimum atomic E-state index is -1.08. The number of aromatic nitrogens is 8. The molecule has 96 heavy (non-hydrogen) atoms. The van der Waals surface area contributed by atoms with Crippen LogP contribution >= 0.6 is 48.9 Å². The van der Waals surface area contributed by atoms with Crippen molar-refractivity contribution in [3.8, 4) is 57.1 Å². The third-order valence-electron chi connectivity index (χ3n) is 11.0. The molecule has 4 N–H and O–H groups in total. The van der Waals surface area contributed by atoms with Gasteiger partial charge in [0.05, 0.1) is 67.8 Å². The van der Waals surface area contributed by atoms with Crippen LogP contribution in [0.2, 0.25) is 0 Å². The molecule has 0 atom stereocenters. The SMILES string of the molecule is C(=C\c1ccnc(-c2cc(/C=C/c3ccccc3)ccn2)c1)/c1ccccc1.O=C(O)c1ccnc(-c2cc(C(=O)O)ccn2)c1.O=COc1ccnc(-c2cc(C(=O)O)ccn2)c1.O=COc1ccnc(-c2cc(C(=O)O)ccn2)c1.[N-]=C=S.[N-]=C=S.[N-]=C=S.[N-]=C=S.[Ru+2].[Ru+2]. The molecule has 30 heteroatoms. The van der Waals surface area contributed by atoms with Gasteiger partial charge < -0.3 is 51.5 Å². The average Bonchev–Trinajstić information content (AvgIpc) is 0.915. The number of nitrogens with zero attached hydrogens (tertiary/aromatic N) is 12. The van der Waals surface area contributed by atoms with E-state index < -0.39 is 23.9 Å². The van der Waals surface area contributed by atoms with Crippen LogP contribution in [0.15, 0.2) is 207 Å². The Hall–Kier alpha value is -11.6. The second-order valence-electron chi connectivity index (χ2n) is 16.9. The summed E-state index contributed by atoms with van der Waals surface area (Å²) in [6.07, 6.45) is 20.4. The number of ether oxygens (including phenoxy) is 2. The number of carboxylic acid groups (broad SMARTS) is 4. The molecule has 2 aromatic carbocycles. The van der Waals surface area contributed by atoms with Crippen molar-refractivity contribution < 1.29 is 97.6 Å². The van der Waals surface area contributed by atoms with Crippen molar-refractivity contribution in [1.82, 2.24) is 39.9 Å². The molecule has 8 heterocycles. The molecular formula is C66H44N12O12Ru2S4. The molecule has 10 aromatic rings. The maximum Gasteiger partial charge on any atom is 2.00 e. The average molecular weight is 1530 g/mol. The van der Waals surface area contributed by atoms with E-state index in [2.05, 4.69) is 159 Å². The van der Waals surface area contributed by atoms with E-state index in [1.165, 1.54) is 142 Å². The van der Waals surface area contributed by atoms with Crippen molar-refractivity contribution in [2.24, 2.45) is 0 Å². The number of pyridine rings is 8. The van der Waals surface area contributed by atoms with E-state index in [0.717, 1.165) is 22.5 Å². The van der Waals surface area contributed by atoms with Crippen LogP contribution in [0, 0.1) is 0 Å². The molecule has 0 bridgehead atoms. The first kappa shape index (κ1) is 82.4. The third kappa shape index (κ3) is 31.1. The summed E-state index contributed by atoms with van der Waals surface area (Å²) >= 11 is 14.8. The van der Waals surface area contributed by atoms with Crippen LogP contribution in [-0.4, -0.2) is 118 Å². The van der Waals surface area contributed by atoms with E-state index in [0.29, 0.717) is 58.6 Å². The molecule has 0 radical (unpaired) electrons.